The molecule has 0 N–H and O–H groups in total. The molecule has 0 aromatic carbocycles. The topological polar surface area (TPSA) is 23.6 Å². The van der Waals surface area contributed by atoms with Gasteiger partial charge in [0.2, 0.25) is 0 Å². The number of rotatable bonds is 5. The van der Waals surface area contributed by atoms with Crippen molar-refractivity contribution in [3.63, 3.8) is 0 Å². The Kier molecular flexibility index (Phi) is 6.25. The van der Waals surface area contributed by atoms with Gasteiger partial charge in [0, 0.05) is 18.7 Å². The molecule has 0 spiro atoms. The summed E-state index contributed by atoms with van der Waals surface area (Å²) in [7, 11) is 0. The summed E-state index contributed by atoms with van der Waals surface area (Å²) in [6.07, 6.45) is 5.80. The molecule has 0 bridgehead atoms. The summed E-state index contributed by atoms with van der Waals surface area (Å²) in [6.45, 7) is 14.6. The van der Waals surface area contributed by atoms with Crippen LogP contribution in [0.25, 0.3) is 0 Å². The maximum atomic E-state index is 12.9. The van der Waals surface area contributed by atoms with E-state index in [1.165, 1.54) is 19.3 Å². The van der Waals surface area contributed by atoms with E-state index in [0.717, 1.165) is 37.1 Å². The standard InChI is InChI=1S/C17H32N2O/c1-7-11-17(5,6)19(16(20)15(4)14(2)3)18-12-9-8-10-13-18/h7-13H2,1-6H3. The summed E-state index contributed by atoms with van der Waals surface area (Å²) in [5.74, 6) is 0.186. The summed E-state index contributed by atoms with van der Waals surface area (Å²) in [6, 6.07) is 0. The van der Waals surface area contributed by atoms with Crippen LogP contribution in [0.2, 0.25) is 0 Å². The quantitative estimate of drug-likeness (QED) is 0.706. The highest BCUT2D eigenvalue weighted by atomic mass is 16.2. The molecular formula is C17H32N2O. The van der Waals surface area contributed by atoms with E-state index in [-0.39, 0.29) is 11.4 Å². The van der Waals surface area contributed by atoms with Gasteiger partial charge in [-0.3, -0.25) is 9.80 Å². The zero-order chi connectivity index (χ0) is 15.3. The summed E-state index contributed by atoms with van der Waals surface area (Å²) in [5.41, 5.74) is 1.89. The highest BCUT2D eigenvalue weighted by Crippen LogP contribution is 2.27. The van der Waals surface area contributed by atoms with Crippen molar-refractivity contribution >= 4 is 5.91 Å². The zero-order valence-corrected chi connectivity index (χ0v) is 14.3. The maximum Gasteiger partial charge on any atom is 0.264 e. The Balaban J connectivity index is 3.06. The average Bonchev–Trinajstić information content (AvgIpc) is 2.38. The number of piperidine rings is 1. The van der Waals surface area contributed by atoms with Gasteiger partial charge in [0.15, 0.2) is 0 Å². The van der Waals surface area contributed by atoms with Gasteiger partial charge in [0.05, 0.1) is 5.54 Å². The van der Waals surface area contributed by atoms with Crippen LogP contribution in [0.4, 0.5) is 0 Å². The fourth-order valence-electron chi connectivity index (χ4n) is 2.95. The van der Waals surface area contributed by atoms with E-state index in [1.807, 2.05) is 20.8 Å². The minimum atomic E-state index is -0.111. The lowest BCUT2D eigenvalue weighted by molar-refractivity contribution is -0.163. The number of hydrogen-bond donors (Lipinski definition) is 0. The first-order valence-electron chi connectivity index (χ1n) is 8.04. The Morgan fingerprint density at radius 3 is 2.10 bits per heavy atom. The van der Waals surface area contributed by atoms with Crippen molar-refractivity contribution in [3.05, 3.63) is 11.1 Å². The smallest absolute Gasteiger partial charge is 0.264 e. The van der Waals surface area contributed by atoms with Crippen LogP contribution in [0.3, 0.4) is 0 Å². The molecule has 20 heavy (non-hydrogen) atoms. The number of allylic oxidation sites excluding steroid dienone is 1. The first-order chi connectivity index (χ1) is 9.31. The third-order valence-corrected chi connectivity index (χ3v) is 4.31. The van der Waals surface area contributed by atoms with Gasteiger partial charge in [-0.25, -0.2) is 5.01 Å². The van der Waals surface area contributed by atoms with Gasteiger partial charge in [-0.05, 0) is 53.9 Å². The molecule has 116 valence electrons. The third kappa shape index (κ3) is 4.08. The van der Waals surface area contributed by atoms with Gasteiger partial charge in [-0.15, -0.1) is 0 Å². The fraction of sp³-hybridized carbons (Fsp3) is 0.824. The van der Waals surface area contributed by atoms with Crippen LogP contribution in [0.15, 0.2) is 11.1 Å². The highest BCUT2D eigenvalue weighted by molar-refractivity contribution is 5.93. The summed E-state index contributed by atoms with van der Waals surface area (Å²) >= 11 is 0. The first-order valence-corrected chi connectivity index (χ1v) is 8.04. The van der Waals surface area contributed by atoms with Gasteiger partial charge >= 0.3 is 0 Å². The molecule has 1 fully saturated rings. The third-order valence-electron chi connectivity index (χ3n) is 4.31. The SMILES string of the molecule is CCCC(C)(C)N(C(=O)C(C)=C(C)C)N1CCCCC1. The van der Waals surface area contributed by atoms with Crippen LogP contribution in [0.5, 0.6) is 0 Å². The van der Waals surface area contributed by atoms with Gasteiger partial charge in [-0.2, -0.15) is 0 Å². The molecule has 1 saturated heterocycles. The summed E-state index contributed by atoms with van der Waals surface area (Å²) < 4.78 is 0. The van der Waals surface area contributed by atoms with E-state index in [9.17, 15) is 4.79 Å². The Bertz CT molecular complexity index is 361. The normalized spacial score (nSPS) is 16.9. The Morgan fingerprint density at radius 2 is 1.65 bits per heavy atom. The van der Waals surface area contributed by atoms with E-state index in [0.29, 0.717) is 0 Å². The van der Waals surface area contributed by atoms with Gasteiger partial charge in [0.1, 0.15) is 0 Å². The second kappa shape index (κ2) is 7.26. The maximum absolute atomic E-state index is 12.9. The second-order valence-corrected chi connectivity index (χ2v) is 6.82. The lowest BCUT2D eigenvalue weighted by Gasteiger charge is -2.47. The van der Waals surface area contributed by atoms with Crippen molar-refractivity contribution in [1.29, 1.82) is 0 Å². The Morgan fingerprint density at radius 1 is 1.10 bits per heavy atom. The summed E-state index contributed by atoms with van der Waals surface area (Å²) in [5, 5.41) is 4.34. The van der Waals surface area contributed by atoms with Crippen molar-refractivity contribution < 1.29 is 4.79 Å². The van der Waals surface area contributed by atoms with Crippen molar-refractivity contribution in [2.45, 2.75) is 79.2 Å². The number of hydrogen-bond acceptors (Lipinski definition) is 2. The summed E-state index contributed by atoms with van der Waals surface area (Å²) in [4.78, 5) is 12.9. The molecule has 1 aliphatic rings. The number of nitrogens with zero attached hydrogens (tertiary/aromatic N) is 2. The molecule has 0 aromatic rings. The number of carbonyl (C=O) groups excluding carboxylic acids is 1. The fourth-order valence-corrected chi connectivity index (χ4v) is 2.95. The highest BCUT2D eigenvalue weighted by Gasteiger charge is 2.36. The number of hydrazine groups is 1. The second-order valence-electron chi connectivity index (χ2n) is 6.82. The van der Waals surface area contributed by atoms with Crippen molar-refractivity contribution in [2.75, 3.05) is 13.1 Å². The molecule has 0 radical (unpaired) electrons. The van der Waals surface area contributed by atoms with Crippen LogP contribution in [-0.2, 0) is 4.79 Å². The van der Waals surface area contributed by atoms with Crippen molar-refractivity contribution in [2.24, 2.45) is 0 Å². The molecule has 1 rings (SSSR count). The van der Waals surface area contributed by atoms with Crippen LogP contribution in [-0.4, -0.2) is 34.6 Å². The zero-order valence-electron chi connectivity index (χ0n) is 14.3. The predicted molar refractivity (Wildman–Crippen MR) is 85.3 cm³/mol. The largest absolute Gasteiger partial charge is 0.268 e. The first kappa shape index (κ1) is 17.2. The van der Waals surface area contributed by atoms with Gasteiger partial charge in [0.25, 0.3) is 5.91 Å². The lowest BCUT2D eigenvalue weighted by Crippen LogP contribution is -2.58. The van der Waals surface area contributed by atoms with E-state index in [4.69, 9.17) is 0 Å². The molecular weight excluding hydrogens is 248 g/mol. The minimum absolute atomic E-state index is 0.111. The monoisotopic (exact) mass is 280 g/mol. The van der Waals surface area contributed by atoms with Crippen molar-refractivity contribution in [3.8, 4) is 0 Å². The van der Waals surface area contributed by atoms with Crippen molar-refractivity contribution in [1.82, 2.24) is 10.0 Å². The van der Waals surface area contributed by atoms with E-state index in [2.05, 4.69) is 30.8 Å². The molecule has 1 heterocycles. The molecule has 0 saturated carbocycles. The Hall–Kier alpha value is -0.830. The van der Waals surface area contributed by atoms with E-state index < -0.39 is 0 Å². The molecule has 1 amide bonds. The molecule has 3 heteroatoms. The van der Waals surface area contributed by atoms with Crippen LogP contribution in [0, 0.1) is 0 Å². The average molecular weight is 280 g/mol. The molecule has 0 aromatic heterocycles. The predicted octanol–water partition coefficient (Wildman–Crippen LogP) is 4.15. The molecule has 1 aliphatic heterocycles. The number of amides is 1. The van der Waals surface area contributed by atoms with Gasteiger partial charge in [-0.1, -0.05) is 25.3 Å². The minimum Gasteiger partial charge on any atom is -0.268 e. The lowest BCUT2D eigenvalue weighted by atomic mass is 9.96. The van der Waals surface area contributed by atoms with Crippen LogP contribution >= 0.6 is 0 Å². The van der Waals surface area contributed by atoms with E-state index in [1.54, 1.807) is 0 Å². The molecule has 3 nitrogen and oxygen atoms in total. The Labute approximate surface area is 125 Å². The van der Waals surface area contributed by atoms with E-state index >= 15 is 0 Å². The van der Waals surface area contributed by atoms with Crippen LogP contribution in [0.1, 0.15) is 73.6 Å². The van der Waals surface area contributed by atoms with Gasteiger partial charge < -0.3 is 0 Å². The molecule has 0 aliphatic carbocycles. The molecule has 0 atom stereocenters. The molecule has 0 unspecified atom stereocenters. The van der Waals surface area contributed by atoms with Crippen LogP contribution < -0.4 is 0 Å². The number of carbonyl (C=O) groups is 1.